The Morgan fingerprint density at radius 3 is 2.20 bits per heavy atom. The van der Waals surface area contributed by atoms with Crippen molar-refractivity contribution in [2.24, 2.45) is 0 Å². The molecule has 0 saturated heterocycles. The summed E-state index contributed by atoms with van der Waals surface area (Å²) in [4.78, 5) is 27.5. The quantitative estimate of drug-likeness (QED) is 0.739. The fourth-order valence-electron chi connectivity index (χ4n) is 3.03. The van der Waals surface area contributed by atoms with Crippen molar-refractivity contribution in [1.82, 2.24) is 10.2 Å². The van der Waals surface area contributed by atoms with Crippen LogP contribution in [0.5, 0.6) is 5.75 Å². The van der Waals surface area contributed by atoms with E-state index in [-0.39, 0.29) is 24.0 Å². The molecule has 1 N–H and O–H groups in total. The minimum atomic E-state index is -0.625. The third-order valence-corrected chi connectivity index (χ3v) is 4.83. The molecule has 162 valence electrons. The minimum absolute atomic E-state index is 0.122. The lowest BCUT2D eigenvalue weighted by Gasteiger charge is -2.31. The summed E-state index contributed by atoms with van der Waals surface area (Å²) in [7, 11) is 0. The molecule has 0 spiro atoms. The highest BCUT2D eigenvalue weighted by Crippen LogP contribution is 2.20. The zero-order valence-corrected chi connectivity index (χ0v) is 19.2. The molecule has 0 heterocycles. The standard InChI is InChI=1S/C25H34N2O3/c1-17-9-12-21(13-10-17)15-27(20(4)24(29)26-25(5,6)7)23(28)16-30-22-14-18(2)8-11-19(22)3/h8-14,20H,15-16H2,1-7H3,(H,26,29)/t20-/m0/s1. The van der Waals surface area contributed by atoms with Gasteiger partial charge in [0.15, 0.2) is 6.61 Å². The molecule has 0 fully saturated rings. The average molecular weight is 411 g/mol. The molecule has 0 bridgehead atoms. The SMILES string of the molecule is Cc1ccc(CN(C(=O)COc2cc(C)ccc2C)[C@@H](C)C(=O)NC(C)(C)C)cc1. The molecule has 0 saturated carbocycles. The molecule has 1 atom stereocenters. The van der Waals surface area contributed by atoms with Crippen LogP contribution in [0.15, 0.2) is 42.5 Å². The zero-order valence-electron chi connectivity index (χ0n) is 19.2. The highest BCUT2D eigenvalue weighted by atomic mass is 16.5. The van der Waals surface area contributed by atoms with Gasteiger partial charge in [0.1, 0.15) is 11.8 Å². The number of nitrogens with zero attached hydrogens (tertiary/aromatic N) is 1. The number of carbonyl (C=O) groups is 2. The Bertz CT molecular complexity index is 882. The molecular formula is C25H34N2O3. The average Bonchev–Trinajstić information content (AvgIpc) is 2.66. The topological polar surface area (TPSA) is 58.6 Å². The van der Waals surface area contributed by atoms with Gasteiger partial charge in [-0.25, -0.2) is 0 Å². The van der Waals surface area contributed by atoms with Crippen molar-refractivity contribution in [3.63, 3.8) is 0 Å². The molecule has 0 aliphatic carbocycles. The number of benzene rings is 2. The summed E-state index contributed by atoms with van der Waals surface area (Å²) >= 11 is 0. The van der Waals surface area contributed by atoms with Crippen LogP contribution in [0.3, 0.4) is 0 Å². The van der Waals surface area contributed by atoms with Crippen LogP contribution < -0.4 is 10.1 Å². The van der Waals surface area contributed by atoms with Crippen molar-refractivity contribution in [2.45, 2.75) is 66.6 Å². The van der Waals surface area contributed by atoms with Gasteiger partial charge in [-0.2, -0.15) is 0 Å². The van der Waals surface area contributed by atoms with Crippen LogP contribution >= 0.6 is 0 Å². The molecule has 0 unspecified atom stereocenters. The number of aryl methyl sites for hydroxylation is 3. The number of ether oxygens (including phenoxy) is 1. The Hall–Kier alpha value is -2.82. The van der Waals surface area contributed by atoms with Crippen molar-refractivity contribution in [2.75, 3.05) is 6.61 Å². The zero-order chi connectivity index (χ0) is 22.5. The first-order chi connectivity index (χ1) is 14.0. The first-order valence-electron chi connectivity index (χ1n) is 10.3. The highest BCUT2D eigenvalue weighted by Gasteiger charge is 2.28. The predicted octanol–water partition coefficient (Wildman–Crippen LogP) is 4.32. The van der Waals surface area contributed by atoms with Crippen LogP contribution in [-0.4, -0.2) is 34.9 Å². The number of rotatable bonds is 7. The molecule has 0 radical (unpaired) electrons. The van der Waals surface area contributed by atoms with Gasteiger partial charge in [0.05, 0.1) is 0 Å². The number of hydrogen-bond donors (Lipinski definition) is 1. The molecule has 2 rings (SSSR count). The third kappa shape index (κ3) is 6.90. The second-order valence-corrected chi connectivity index (χ2v) is 8.98. The Balaban J connectivity index is 2.20. The first kappa shape index (κ1) is 23.5. The van der Waals surface area contributed by atoms with Gasteiger partial charge >= 0.3 is 0 Å². The second-order valence-electron chi connectivity index (χ2n) is 8.98. The van der Waals surface area contributed by atoms with Gasteiger partial charge in [0.25, 0.3) is 5.91 Å². The van der Waals surface area contributed by atoms with Gasteiger partial charge in [0, 0.05) is 12.1 Å². The molecule has 30 heavy (non-hydrogen) atoms. The fourth-order valence-corrected chi connectivity index (χ4v) is 3.03. The van der Waals surface area contributed by atoms with Crippen molar-refractivity contribution in [3.05, 3.63) is 64.7 Å². The normalized spacial score (nSPS) is 12.2. The van der Waals surface area contributed by atoms with E-state index in [0.29, 0.717) is 12.3 Å². The largest absolute Gasteiger partial charge is 0.483 e. The first-order valence-corrected chi connectivity index (χ1v) is 10.3. The minimum Gasteiger partial charge on any atom is -0.483 e. The molecule has 2 aromatic rings. The van der Waals surface area contributed by atoms with E-state index < -0.39 is 6.04 Å². The molecule has 2 aromatic carbocycles. The number of amides is 2. The molecule has 5 nitrogen and oxygen atoms in total. The van der Waals surface area contributed by atoms with Crippen LogP contribution in [0, 0.1) is 20.8 Å². The Morgan fingerprint density at radius 1 is 1.00 bits per heavy atom. The van der Waals surface area contributed by atoms with E-state index in [1.165, 1.54) is 0 Å². The maximum atomic E-state index is 13.1. The van der Waals surface area contributed by atoms with E-state index >= 15 is 0 Å². The van der Waals surface area contributed by atoms with Crippen LogP contribution in [0.2, 0.25) is 0 Å². The molecule has 0 aliphatic rings. The fraction of sp³-hybridized carbons (Fsp3) is 0.440. The van der Waals surface area contributed by atoms with Gasteiger partial charge < -0.3 is 15.0 Å². The molecule has 0 aliphatic heterocycles. The van der Waals surface area contributed by atoms with Crippen molar-refractivity contribution >= 4 is 11.8 Å². The maximum absolute atomic E-state index is 13.1. The smallest absolute Gasteiger partial charge is 0.261 e. The van der Waals surface area contributed by atoms with E-state index in [1.807, 2.05) is 84.0 Å². The second kappa shape index (κ2) is 9.79. The summed E-state index contributed by atoms with van der Waals surface area (Å²) in [6.07, 6.45) is 0. The summed E-state index contributed by atoms with van der Waals surface area (Å²) in [6.45, 7) is 13.7. The van der Waals surface area contributed by atoms with Crippen molar-refractivity contribution in [1.29, 1.82) is 0 Å². The van der Waals surface area contributed by atoms with E-state index in [2.05, 4.69) is 5.32 Å². The summed E-state index contributed by atoms with van der Waals surface area (Å²) in [5.74, 6) is 0.271. The molecular weight excluding hydrogens is 376 g/mol. The summed E-state index contributed by atoms with van der Waals surface area (Å²) in [6, 6.07) is 13.2. The van der Waals surface area contributed by atoms with Crippen LogP contribution in [0.25, 0.3) is 0 Å². The Labute approximate surface area is 180 Å². The number of hydrogen-bond acceptors (Lipinski definition) is 3. The number of carbonyl (C=O) groups excluding carboxylic acids is 2. The van der Waals surface area contributed by atoms with Crippen LogP contribution in [-0.2, 0) is 16.1 Å². The van der Waals surface area contributed by atoms with Crippen LogP contribution in [0.4, 0.5) is 0 Å². The third-order valence-electron chi connectivity index (χ3n) is 4.83. The highest BCUT2D eigenvalue weighted by molar-refractivity contribution is 5.88. The maximum Gasteiger partial charge on any atom is 0.261 e. The Kier molecular flexibility index (Phi) is 7.65. The van der Waals surface area contributed by atoms with E-state index in [9.17, 15) is 9.59 Å². The number of nitrogens with one attached hydrogen (secondary N) is 1. The van der Waals surface area contributed by atoms with Gasteiger partial charge in [-0.3, -0.25) is 9.59 Å². The molecule has 5 heteroatoms. The van der Waals surface area contributed by atoms with Gasteiger partial charge in [-0.15, -0.1) is 0 Å². The van der Waals surface area contributed by atoms with E-state index in [4.69, 9.17) is 4.74 Å². The van der Waals surface area contributed by atoms with Crippen LogP contribution in [0.1, 0.15) is 49.9 Å². The predicted molar refractivity (Wildman–Crippen MR) is 120 cm³/mol. The molecule has 2 amide bonds. The summed E-state index contributed by atoms with van der Waals surface area (Å²) in [5, 5.41) is 2.97. The van der Waals surface area contributed by atoms with Gasteiger partial charge in [-0.1, -0.05) is 42.0 Å². The lowest BCUT2D eigenvalue weighted by atomic mass is 10.1. The summed E-state index contributed by atoms with van der Waals surface area (Å²) < 4.78 is 5.83. The van der Waals surface area contributed by atoms with E-state index in [1.54, 1.807) is 11.8 Å². The Morgan fingerprint density at radius 2 is 1.60 bits per heavy atom. The van der Waals surface area contributed by atoms with E-state index in [0.717, 1.165) is 22.3 Å². The van der Waals surface area contributed by atoms with Gasteiger partial charge in [-0.05, 0) is 71.2 Å². The van der Waals surface area contributed by atoms with Crippen molar-refractivity contribution < 1.29 is 14.3 Å². The summed E-state index contributed by atoms with van der Waals surface area (Å²) in [5.41, 5.74) is 3.78. The van der Waals surface area contributed by atoms with Gasteiger partial charge in [0.2, 0.25) is 5.91 Å². The monoisotopic (exact) mass is 410 g/mol. The lowest BCUT2D eigenvalue weighted by molar-refractivity contribution is -0.142. The lowest BCUT2D eigenvalue weighted by Crippen LogP contribution is -2.53. The molecule has 0 aromatic heterocycles. The van der Waals surface area contributed by atoms with Crippen molar-refractivity contribution in [3.8, 4) is 5.75 Å².